The number of ether oxygens (including phenoxy) is 2. The first-order valence-corrected chi connectivity index (χ1v) is 10.4. The van der Waals surface area contributed by atoms with Crippen molar-refractivity contribution in [3.63, 3.8) is 0 Å². The van der Waals surface area contributed by atoms with E-state index in [1.54, 1.807) is 13.2 Å². The maximum Gasteiger partial charge on any atom is 0.246 e. The molecule has 0 heterocycles. The van der Waals surface area contributed by atoms with Crippen molar-refractivity contribution >= 4 is 33.4 Å². The standard InChI is InChI=1S/C18H22N2O5S2/c1-20(2)27(22,23)17-11-13(5-10-16(17)25-4)19-18(21)12-26-15-8-6-14(24-3)7-9-15/h5-11H,12H2,1-4H3,(H,19,21). The molecule has 27 heavy (non-hydrogen) atoms. The van der Waals surface area contributed by atoms with Crippen molar-refractivity contribution in [3.8, 4) is 11.5 Å². The normalized spacial score (nSPS) is 11.3. The molecule has 0 saturated heterocycles. The highest BCUT2D eigenvalue weighted by molar-refractivity contribution is 8.00. The van der Waals surface area contributed by atoms with Crippen molar-refractivity contribution in [1.82, 2.24) is 4.31 Å². The molecule has 0 radical (unpaired) electrons. The van der Waals surface area contributed by atoms with E-state index >= 15 is 0 Å². The molecule has 0 spiro atoms. The van der Waals surface area contributed by atoms with Crippen molar-refractivity contribution < 1.29 is 22.7 Å². The van der Waals surface area contributed by atoms with Crippen molar-refractivity contribution in [2.75, 3.05) is 39.4 Å². The van der Waals surface area contributed by atoms with Crippen molar-refractivity contribution in [3.05, 3.63) is 42.5 Å². The van der Waals surface area contributed by atoms with Gasteiger partial charge in [0.15, 0.2) is 0 Å². The summed E-state index contributed by atoms with van der Waals surface area (Å²) in [4.78, 5) is 13.1. The fraction of sp³-hybridized carbons (Fsp3) is 0.278. The third kappa shape index (κ3) is 5.38. The van der Waals surface area contributed by atoms with E-state index in [2.05, 4.69) is 5.32 Å². The molecule has 0 aliphatic carbocycles. The van der Waals surface area contributed by atoms with Crippen LogP contribution < -0.4 is 14.8 Å². The van der Waals surface area contributed by atoms with Crippen LogP contribution in [0.4, 0.5) is 5.69 Å². The number of nitrogens with zero attached hydrogens (tertiary/aromatic N) is 1. The topological polar surface area (TPSA) is 84.9 Å². The molecule has 1 amide bonds. The van der Waals surface area contributed by atoms with Crippen LogP contribution >= 0.6 is 11.8 Å². The second kappa shape index (κ2) is 9.12. The predicted molar refractivity (Wildman–Crippen MR) is 106 cm³/mol. The molecule has 0 fully saturated rings. The summed E-state index contributed by atoms with van der Waals surface area (Å²) in [5.41, 5.74) is 0.386. The Morgan fingerprint density at radius 1 is 1.07 bits per heavy atom. The Hall–Kier alpha value is -2.23. The number of sulfonamides is 1. The first-order valence-electron chi connectivity index (χ1n) is 7.95. The summed E-state index contributed by atoms with van der Waals surface area (Å²) in [5.74, 6) is 0.911. The highest BCUT2D eigenvalue weighted by Gasteiger charge is 2.23. The SMILES string of the molecule is COc1ccc(SCC(=O)Nc2ccc(OC)c(S(=O)(=O)N(C)C)c2)cc1. The fourth-order valence-corrected chi connectivity index (χ4v) is 3.94. The molecule has 0 aromatic heterocycles. The van der Waals surface area contributed by atoms with Gasteiger partial charge in [-0.1, -0.05) is 0 Å². The van der Waals surface area contributed by atoms with E-state index < -0.39 is 10.0 Å². The van der Waals surface area contributed by atoms with E-state index in [9.17, 15) is 13.2 Å². The van der Waals surface area contributed by atoms with Gasteiger partial charge in [-0.2, -0.15) is 0 Å². The van der Waals surface area contributed by atoms with Gasteiger partial charge >= 0.3 is 0 Å². The number of carbonyl (C=O) groups is 1. The maximum atomic E-state index is 12.4. The van der Waals surface area contributed by atoms with Gasteiger partial charge in [-0.3, -0.25) is 4.79 Å². The van der Waals surface area contributed by atoms with Crippen LogP contribution in [0.1, 0.15) is 0 Å². The summed E-state index contributed by atoms with van der Waals surface area (Å²) in [7, 11) is 2.16. The number of anilines is 1. The minimum absolute atomic E-state index is 0.00407. The lowest BCUT2D eigenvalue weighted by atomic mass is 10.3. The van der Waals surface area contributed by atoms with Gasteiger partial charge in [0.05, 0.1) is 20.0 Å². The van der Waals surface area contributed by atoms with Gasteiger partial charge in [0.2, 0.25) is 15.9 Å². The van der Waals surface area contributed by atoms with Crippen LogP contribution in [0.25, 0.3) is 0 Å². The van der Waals surface area contributed by atoms with Gasteiger partial charge in [-0.15, -0.1) is 11.8 Å². The Balaban J connectivity index is 2.08. The number of hydrogen-bond acceptors (Lipinski definition) is 6. The van der Waals surface area contributed by atoms with Gasteiger partial charge in [-0.05, 0) is 42.5 Å². The smallest absolute Gasteiger partial charge is 0.246 e. The molecule has 146 valence electrons. The molecule has 2 aromatic rings. The minimum atomic E-state index is -3.70. The van der Waals surface area contributed by atoms with Crippen LogP contribution in [0.3, 0.4) is 0 Å². The zero-order chi connectivity index (χ0) is 20.0. The zero-order valence-corrected chi connectivity index (χ0v) is 17.2. The summed E-state index contributed by atoms with van der Waals surface area (Å²) < 4.78 is 36.2. The van der Waals surface area contributed by atoms with E-state index in [1.807, 2.05) is 24.3 Å². The monoisotopic (exact) mass is 410 g/mol. The van der Waals surface area contributed by atoms with Crippen LogP contribution in [-0.2, 0) is 14.8 Å². The summed E-state index contributed by atoms with van der Waals surface area (Å²) in [5, 5.41) is 2.71. The van der Waals surface area contributed by atoms with E-state index in [-0.39, 0.29) is 22.3 Å². The van der Waals surface area contributed by atoms with Gasteiger partial charge in [0.1, 0.15) is 16.4 Å². The first kappa shape index (κ1) is 21.1. The average molecular weight is 411 g/mol. The second-order valence-corrected chi connectivity index (χ2v) is 8.83. The van der Waals surface area contributed by atoms with Crippen LogP contribution in [0.15, 0.2) is 52.3 Å². The molecule has 7 nitrogen and oxygen atoms in total. The second-order valence-electron chi connectivity index (χ2n) is 5.67. The molecule has 0 aliphatic rings. The number of benzene rings is 2. The third-order valence-electron chi connectivity index (χ3n) is 3.64. The van der Waals surface area contributed by atoms with E-state index in [0.29, 0.717) is 5.69 Å². The van der Waals surface area contributed by atoms with E-state index in [0.717, 1.165) is 15.0 Å². The lowest BCUT2D eigenvalue weighted by molar-refractivity contribution is -0.113. The van der Waals surface area contributed by atoms with Gasteiger partial charge in [-0.25, -0.2) is 12.7 Å². The molecule has 2 aromatic carbocycles. The molecular weight excluding hydrogens is 388 g/mol. The number of hydrogen-bond donors (Lipinski definition) is 1. The highest BCUT2D eigenvalue weighted by atomic mass is 32.2. The Morgan fingerprint density at radius 2 is 1.74 bits per heavy atom. The summed E-state index contributed by atoms with van der Waals surface area (Å²) in [6, 6.07) is 11.9. The molecule has 0 bridgehead atoms. The highest BCUT2D eigenvalue weighted by Crippen LogP contribution is 2.29. The van der Waals surface area contributed by atoms with Crippen LogP contribution in [0.2, 0.25) is 0 Å². The van der Waals surface area contributed by atoms with E-state index in [1.165, 1.54) is 45.1 Å². The minimum Gasteiger partial charge on any atom is -0.497 e. The van der Waals surface area contributed by atoms with Crippen LogP contribution in [0.5, 0.6) is 11.5 Å². The van der Waals surface area contributed by atoms with Crippen LogP contribution in [0, 0.1) is 0 Å². The van der Waals surface area contributed by atoms with E-state index in [4.69, 9.17) is 9.47 Å². The van der Waals surface area contributed by atoms with Crippen molar-refractivity contribution in [2.24, 2.45) is 0 Å². The van der Waals surface area contributed by atoms with Gasteiger partial charge < -0.3 is 14.8 Å². The van der Waals surface area contributed by atoms with Crippen LogP contribution in [-0.4, -0.2) is 52.7 Å². The lowest BCUT2D eigenvalue weighted by Crippen LogP contribution is -2.23. The summed E-state index contributed by atoms with van der Waals surface area (Å²) in [6.45, 7) is 0. The molecule has 0 aliphatic heterocycles. The third-order valence-corrected chi connectivity index (χ3v) is 6.48. The first-order chi connectivity index (χ1) is 12.8. The number of carbonyl (C=O) groups excluding carboxylic acids is 1. The molecule has 0 atom stereocenters. The quantitative estimate of drug-likeness (QED) is 0.674. The molecule has 9 heteroatoms. The number of thioether (sulfide) groups is 1. The Bertz CT molecular complexity index is 896. The molecule has 0 unspecified atom stereocenters. The Morgan fingerprint density at radius 3 is 2.30 bits per heavy atom. The molecule has 1 N–H and O–H groups in total. The van der Waals surface area contributed by atoms with Crippen molar-refractivity contribution in [2.45, 2.75) is 9.79 Å². The van der Waals surface area contributed by atoms with Crippen molar-refractivity contribution in [1.29, 1.82) is 0 Å². The molecule has 2 rings (SSSR count). The largest absolute Gasteiger partial charge is 0.497 e. The summed E-state index contributed by atoms with van der Waals surface area (Å²) in [6.07, 6.45) is 0. The number of nitrogens with one attached hydrogen (secondary N) is 1. The van der Waals surface area contributed by atoms with Gasteiger partial charge in [0, 0.05) is 24.7 Å². The lowest BCUT2D eigenvalue weighted by Gasteiger charge is -2.16. The van der Waals surface area contributed by atoms with Gasteiger partial charge in [0.25, 0.3) is 0 Å². The number of methoxy groups -OCH3 is 2. The maximum absolute atomic E-state index is 12.4. The molecular formula is C18H22N2O5S2. The zero-order valence-electron chi connectivity index (χ0n) is 15.6. The molecule has 0 saturated carbocycles. The number of rotatable bonds is 8. The average Bonchev–Trinajstić information content (AvgIpc) is 2.66. The summed E-state index contributed by atoms with van der Waals surface area (Å²) >= 11 is 1.37. The Labute approximate surface area is 163 Å². The predicted octanol–water partition coefficient (Wildman–Crippen LogP) is 2.68. The number of amides is 1. The Kier molecular flexibility index (Phi) is 7.11. The fourth-order valence-electron chi connectivity index (χ4n) is 2.17.